The maximum atomic E-state index is 6.07. The normalized spacial score (nSPS) is 29.6. The third-order valence-electron chi connectivity index (χ3n) is 4.91. The lowest BCUT2D eigenvalue weighted by atomic mass is 9.81. The van der Waals surface area contributed by atoms with Crippen LogP contribution in [0.25, 0.3) is 0 Å². The van der Waals surface area contributed by atoms with E-state index >= 15 is 0 Å². The van der Waals surface area contributed by atoms with Crippen molar-refractivity contribution in [1.29, 1.82) is 0 Å². The van der Waals surface area contributed by atoms with Crippen LogP contribution in [0.2, 0.25) is 5.02 Å². The fourth-order valence-corrected chi connectivity index (χ4v) is 3.37. The first-order valence-electron chi connectivity index (χ1n) is 8.64. The molecule has 0 radical (unpaired) electrons. The molecule has 128 valence electrons. The number of ether oxygens (including phenoxy) is 1. The zero-order valence-corrected chi connectivity index (χ0v) is 15.4. The van der Waals surface area contributed by atoms with Crippen LogP contribution in [0.3, 0.4) is 0 Å². The molecule has 1 fully saturated rings. The van der Waals surface area contributed by atoms with Crippen molar-refractivity contribution in [3.8, 4) is 0 Å². The van der Waals surface area contributed by atoms with E-state index in [1.165, 1.54) is 5.56 Å². The number of nitrogens with one attached hydrogen (secondary N) is 1. The van der Waals surface area contributed by atoms with E-state index in [2.05, 4.69) is 44.8 Å². The smallest absolute Gasteiger partial charge is 0.0622 e. The van der Waals surface area contributed by atoms with Gasteiger partial charge in [-0.1, -0.05) is 50.6 Å². The summed E-state index contributed by atoms with van der Waals surface area (Å²) in [4.78, 5) is 0. The minimum Gasteiger partial charge on any atom is -0.379 e. The Hall–Kier alpha value is -0.830. The highest BCUT2D eigenvalue weighted by Gasteiger charge is 2.29. The van der Waals surface area contributed by atoms with Crippen molar-refractivity contribution >= 4 is 11.6 Å². The number of rotatable bonds is 4. The summed E-state index contributed by atoms with van der Waals surface area (Å²) in [5.41, 5.74) is 1.47. The van der Waals surface area contributed by atoms with Crippen LogP contribution in [-0.2, 0) is 4.74 Å². The van der Waals surface area contributed by atoms with Crippen LogP contribution in [0, 0.1) is 11.3 Å². The summed E-state index contributed by atoms with van der Waals surface area (Å²) in [6.45, 7) is 12.3. The van der Waals surface area contributed by atoms with Gasteiger partial charge in [-0.15, -0.1) is 6.58 Å². The molecule has 0 saturated carbocycles. The van der Waals surface area contributed by atoms with Crippen LogP contribution in [0.5, 0.6) is 0 Å². The minimum absolute atomic E-state index is 0.167. The maximum absolute atomic E-state index is 6.07. The van der Waals surface area contributed by atoms with Crippen LogP contribution in [0.1, 0.15) is 51.6 Å². The molecule has 2 nitrogen and oxygen atoms in total. The van der Waals surface area contributed by atoms with E-state index in [9.17, 15) is 0 Å². The molecule has 1 aromatic rings. The van der Waals surface area contributed by atoms with Gasteiger partial charge in [-0.3, -0.25) is 0 Å². The minimum atomic E-state index is 0.167. The van der Waals surface area contributed by atoms with Gasteiger partial charge in [0.2, 0.25) is 0 Å². The molecule has 1 aromatic carbocycles. The van der Waals surface area contributed by atoms with Crippen LogP contribution in [0.4, 0.5) is 0 Å². The van der Waals surface area contributed by atoms with Gasteiger partial charge in [0.1, 0.15) is 0 Å². The second-order valence-corrected chi connectivity index (χ2v) is 7.92. The van der Waals surface area contributed by atoms with Gasteiger partial charge >= 0.3 is 0 Å². The van der Waals surface area contributed by atoms with E-state index in [1.54, 1.807) is 0 Å². The van der Waals surface area contributed by atoms with Gasteiger partial charge in [0.15, 0.2) is 0 Å². The molecule has 0 bridgehead atoms. The molecule has 0 spiro atoms. The molecular formula is C20H30ClNO. The topological polar surface area (TPSA) is 21.3 Å². The molecule has 1 saturated heterocycles. The van der Waals surface area contributed by atoms with E-state index in [4.69, 9.17) is 16.3 Å². The fourth-order valence-electron chi connectivity index (χ4n) is 3.24. The van der Waals surface area contributed by atoms with Crippen molar-refractivity contribution in [2.24, 2.45) is 11.3 Å². The van der Waals surface area contributed by atoms with E-state index in [0.717, 1.165) is 37.5 Å². The first kappa shape index (κ1) is 18.5. The van der Waals surface area contributed by atoms with Crippen molar-refractivity contribution in [3.63, 3.8) is 0 Å². The molecule has 2 rings (SSSR count). The monoisotopic (exact) mass is 335 g/mol. The number of allylic oxidation sites excluding steroid dienone is 1. The van der Waals surface area contributed by atoms with Crippen LogP contribution in [-0.4, -0.2) is 19.3 Å². The van der Waals surface area contributed by atoms with Gasteiger partial charge < -0.3 is 10.1 Å². The molecular weight excluding hydrogens is 306 g/mol. The first-order valence-corrected chi connectivity index (χ1v) is 9.01. The van der Waals surface area contributed by atoms with Gasteiger partial charge in [-0.25, -0.2) is 0 Å². The van der Waals surface area contributed by atoms with Crippen molar-refractivity contribution in [2.75, 3.05) is 13.2 Å². The Morgan fingerprint density at radius 3 is 2.70 bits per heavy atom. The van der Waals surface area contributed by atoms with Crippen molar-refractivity contribution in [1.82, 2.24) is 5.32 Å². The number of hydrogen-bond acceptors (Lipinski definition) is 2. The van der Waals surface area contributed by atoms with E-state index in [0.29, 0.717) is 18.0 Å². The lowest BCUT2D eigenvalue weighted by Crippen LogP contribution is -2.40. The first-order chi connectivity index (χ1) is 10.9. The van der Waals surface area contributed by atoms with Gasteiger partial charge in [0.05, 0.1) is 13.2 Å². The molecule has 1 aliphatic heterocycles. The SMILES string of the molecule is C=CC[C@@]1(C)CCC(c2ccc(Cl)cc2)NC(C(C)C)COC1. The Balaban J connectivity index is 2.22. The van der Waals surface area contributed by atoms with Gasteiger partial charge in [0, 0.05) is 17.1 Å². The second kappa shape index (κ2) is 8.32. The van der Waals surface area contributed by atoms with Crippen LogP contribution < -0.4 is 5.32 Å². The van der Waals surface area contributed by atoms with Crippen molar-refractivity contribution < 1.29 is 4.74 Å². The third-order valence-corrected chi connectivity index (χ3v) is 5.17. The summed E-state index contributed by atoms with van der Waals surface area (Å²) in [6, 6.07) is 8.94. The zero-order valence-electron chi connectivity index (χ0n) is 14.6. The number of hydrogen-bond donors (Lipinski definition) is 1. The Kier molecular flexibility index (Phi) is 6.70. The summed E-state index contributed by atoms with van der Waals surface area (Å²) in [5.74, 6) is 0.536. The summed E-state index contributed by atoms with van der Waals surface area (Å²) in [6.07, 6.45) is 5.22. The molecule has 2 unspecified atom stereocenters. The summed E-state index contributed by atoms with van der Waals surface area (Å²) >= 11 is 6.05. The molecule has 0 aromatic heterocycles. The standard InChI is InChI=1S/C20H30ClNO/c1-5-11-20(4)12-10-18(16-6-8-17(21)9-7-16)22-19(15(2)3)13-23-14-20/h5-9,15,18-19,22H,1,10-14H2,2-4H3/t18?,19?,20-/m0/s1. The Morgan fingerprint density at radius 2 is 2.09 bits per heavy atom. The van der Waals surface area contributed by atoms with E-state index < -0.39 is 0 Å². The molecule has 1 aliphatic rings. The highest BCUT2D eigenvalue weighted by Crippen LogP contribution is 2.34. The summed E-state index contributed by atoms with van der Waals surface area (Å²) < 4.78 is 6.07. The zero-order chi connectivity index (χ0) is 16.9. The quantitative estimate of drug-likeness (QED) is 0.745. The van der Waals surface area contributed by atoms with E-state index in [-0.39, 0.29) is 5.41 Å². The largest absolute Gasteiger partial charge is 0.379 e. The lowest BCUT2D eigenvalue weighted by molar-refractivity contribution is 0.0376. The summed E-state index contributed by atoms with van der Waals surface area (Å²) in [7, 11) is 0. The van der Waals surface area contributed by atoms with Crippen molar-refractivity contribution in [3.05, 3.63) is 47.5 Å². The molecule has 1 heterocycles. The molecule has 3 heteroatoms. The average Bonchev–Trinajstić information content (AvgIpc) is 2.58. The van der Waals surface area contributed by atoms with Crippen molar-refractivity contribution in [2.45, 2.75) is 52.1 Å². The van der Waals surface area contributed by atoms with E-state index in [1.807, 2.05) is 18.2 Å². The maximum Gasteiger partial charge on any atom is 0.0622 e. The predicted molar refractivity (Wildman–Crippen MR) is 98.9 cm³/mol. The number of benzene rings is 1. The third kappa shape index (κ3) is 5.34. The average molecular weight is 336 g/mol. The Labute approximate surface area is 146 Å². The van der Waals surface area contributed by atoms with Crippen LogP contribution >= 0.6 is 11.6 Å². The Bertz CT molecular complexity index is 499. The highest BCUT2D eigenvalue weighted by molar-refractivity contribution is 6.30. The second-order valence-electron chi connectivity index (χ2n) is 7.48. The molecule has 0 amide bonds. The van der Waals surface area contributed by atoms with Gasteiger partial charge in [0.25, 0.3) is 0 Å². The predicted octanol–water partition coefficient (Wildman–Crippen LogP) is 5.39. The summed E-state index contributed by atoms with van der Waals surface area (Å²) in [5, 5.41) is 4.61. The highest BCUT2D eigenvalue weighted by atomic mass is 35.5. The van der Waals surface area contributed by atoms with Gasteiger partial charge in [-0.05, 0) is 48.3 Å². The molecule has 0 aliphatic carbocycles. The Morgan fingerprint density at radius 1 is 1.39 bits per heavy atom. The van der Waals surface area contributed by atoms with Gasteiger partial charge in [-0.2, -0.15) is 0 Å². The molecule has 23 heavy (non-hydrogen) atoms. The lowest BCUT2D eigenvalue weighted by Gasteiger charge is -2.29. The molecule has 1 N–H and O–H groups in total. The van der Waals surface area contributed by atoms with Crippen LogP contribution in [0.15, 0.2) is 36.9 Å². The number of halogens is 1. The molecule has 3 atom stereocenters. The fraction of sp³-hybridized carbons (Fsp3) is 0.600.